The Balaban J connectivity index is 0. The van der Waals surface area contributed by atoms with E-state index in [1.807, 2.05) is 20.8 Å². The van der Waals surface area contributed by atoms with Crippen molar-refractivity contribution in [3.63, 3.8) is 0 Å². The first-order chi connectivity index (χ1) is 9.09. The van der Waals surface area contributed by atoms with E-state index in [0.29, 0.717) is 19.8 Å². The van der Waals surface area contributed by atoms with Crippen LogP contribution in [0, 0.1) is 0 Å². The van der Waals surface area contributed by atoms with Gasteiger partial charge in [-0.1, -0.05) is 13.8 Å². The fraction of sp³-hybridized carbons (Fsp3) is 1.00. The maximum absolute atomic E-state index is 7.57. The van der Waals surface area contributed by atoms with Gasteiger partial charge in [-0.25, -0.2) is 0 Å². The molecule has 0 spiro atoms. The summed E-state index contributed by atoms with van der Waals surface area (Å²) in [6.07, 6.45) is 0.787. The average molecular weight is 295 g/mol. The molecule has 19 heavy (non-hydrogen) atoms. The summed E-state index contributed by atoms with van der Waals surface area (Å²) in [5, 5.41) is 7.57. The highest BCUT2D eigenvalue weighted by Gasteiger charge is 2.41. The fourth-order valence-corrected chi connectivity index (χ4v) is 4.48. The van der Waals surface area contributed by atoms with Crippen molar-refractivity contribution < 1.29 is 18.4 Å². The number of rotatable bonds is 10. The second-order valence-corrected chi connectivity index (χ2v) is 6.31. The predicted molar refractivity (Wildman–Crippen MR) is 81.2 cm³/mol. The smallest absolute Gasteiger partial charge is 0.397 e. The molecule has 0 aliphatic rings. The number of nitrogens with zero attached hydrogens (tertiary/aromatic N) is 1. The minimum absolute atomic E-state index is 0.250. The van der Waals surface area contributed by atoms with Gasteiger partial charge in [-0.3, -0.25) is 4.90 Å². The largest absolute Gasteiger partial charge is 0.515 e. The third-order valence-corrected chi connectivity index (χ3v) is 5.42. The van der Waals surface area contributed by atoms with Crippen LogP contribution in [0.15, 0.2) is 0 Å². The Bertz CT molecular complexity index is 163. The third-order valence-electron chi connectivity index (χ3n) is 2.40. The van der Waals surface area contributed by atoms with E-state index in [4.69, 9.17) is 18.4 Å². The summed E-state index contributed by atoms with van der Waals surface area (Å²) in [5.41, 5.74) is 0. The number of aliphatic hydroxyl groups is 1. The van der Waals surface area contributed by atoms with Crippen LogP contribution in [0.5, 0.6) is 0 Å². The van der Waals surface area contributed by atoms with Crippen molar-refractivity contribution in [2.45, 2.75) is 41.5 Å². The van der Waals surface area contributed by atoms with Crippen molar-refractivity contribution in [2.24, 2.45) is 0 Å². The van der Waals surface area contributed by atoms with Crippen LogP contribution >= 0.6 is 0 Å². The van der Waals surface area contributed by atoms with Gasteiger partial charge < -0.3 is 18.4 Å². The minimum atomic E-state index is -2.47. The zero-order valence-electron chi connectivity index (χ0n) is 13.6. The Kier molecular flexibility index (Phi) is 16.2. The molecular formula is C13H33NO4Si. The van der Waals surface area contributed by atoms with E-state index >= 15 is 0 Å². The molecule has 0 heterocycles. The molecular weight excluding hydrogens is 262 g/mol. The van der Waals surface area contributed by atoms with Crippen LogP contribution in [0.3, 0.4) is 0 Å². The molecule has 0 fully saturated rings. The zero-order chi connectivity index (χ0) is 15.1. The summed E-state index contributed by atoms with van der Waals surface area (Å²) in [5.74, 6) is 0. The van der Waals surface area contributed by atoms with E-state index in [2.05, 4.69) is 18.7 Å². The normalized spacial score (nSPS) is 11.4. The maximum Gasteiger partial charge on any atom is 0.515 e. The Morgan fingerprint density at radius 2 is 1.11 bits per heavy atom. The van der Waals surface area contributed by atoms with E-state index in [-0.39, 0.29) is 6.61 Å². The van der Waals surface area contributed by atoms with E-state index in [1.54, 1.807) is 6.92 Å². The summed E-state index contributed by atoms with van der Waals surface area (Å²) >= 11 is 0. The minimum Gasteiger partial charge on any atom is -0.397 e. The Labute approximate surface area is 120 Å². The van der Waals surface area contributed by atoms with Crippen molar-refractivity contribution in [1.29, 1.82) is 0 Å². The van der Waals surface area contributed by atoms with Crippen molar-refractivity contribution in [1.82, 2.24) is 4.90 Å². The molecule has 0 unspecified atom stereocenters. The zero-order valence-corrected chi connectivity index (χ0v) is 14.6. The summed E-state index contributed by atoms with van der Waals surface area (Å²) in [4.78, 5) is 2.30. The standard InChI is InChI=1S/C11H27NO3Si.C2H6O/c1-6-12(7-2)11-16(13-8-3,14-9-4)15-10-5;1-2-3/h6-11H2,1-5H3;3H,2H2,1H3. The molecule has 0 aromatic heterocycles. The molecule has 118 valence electrons. The average Bonchev–Trinajstić information content (AvgIpc) is 2.38. The lowest BCUT2D eigenvalue weighted by Gasteiger charge is -2.32. The Morgan fingerprint density at radius 3 is 1.32 bits per heavy atom. The first-order valence-corrected chi connectivity index (χ1v) is 9.27. The molecule has 5 nitrogen and oxygen atoms in total. The lowest BCUT2D eigenvalue weighted by Crippen LogP contribution is -2.55. The highest BCUT2D eigenvalue weighted by atomic mass is 28.4. The second-order valence-electron chi connectivity index (χ2n) is 3.76. The lowest BCUT2D eigenvalue weighted by molar-refractivity contribution is 0.0578. The van der Waals surface area contributed by atoms with Gasteiger partial charge in [0.25, 0.3) is 0 Å². The van der Waals surface area contributed by atoms with Gasteiger partial charge in [0.05, 0.1) is 6.17 Å². The van der Waals surface area contributed by atoms with Crippen molar-refractivity contribution in [2.75, 3.05) is 45.7 Å². The third kappa shape index (κ3) is 10.5. The Hall–Kier alpha value is 0.0169. The molecule has 6 heteroatoms. The first-order valence-electron chi connectivity index (χ1n) is 7.34. The summed E-state index contributed by atoms with van der Waals surface area (Å²) < 4.78 is 17.4. The van der Waals surface area contributed by atoms with Gasteiger partial charge in [-0.05, 0) is 40.8 Å². The number of aliphatic hydroxyl groups excluding tert-OH is 1. The molecule has 1 N–H and O–H groups in total. The summed E-state index contributed by atoms with van der Waals surface area (Å²) in [6, 6.07) is 0. The van der Waals surface area contributed by atoms with Crippen LogP contribution < -0.4 is 0 Å². The van der Waals surface area contributed by atoms with Crippen LogP contribution in [0.25, 0.3) is 0 Å². The van der Waals surface area contributed by atoms with Crippen molar-refractivity contribution >= 4 is 8.80 Å². The molecule has 0 bridgehead atoms. The van der Waals surface area contributed by atoms with E-state index in [1.165, 1.54) is 0 Å². The van der Waals surface area contributed by atoms with Crippen LogP contribution in [0.4, 0.5) is 0 Å². The van der Waals surface area contributed by atoms with Gasteiger partial charge in [0.1, 0.15) is 0 Å². The van der Waals surface area contributed by atoms with Gasteiger partial charge in [0.2, 0.25) is 0 Å². The van der Waals surface area contributed by atoms with Crippen LogP contribution in [-0.4, -0.2) is 64.5 Å². The van der Waals surface area contributed by atoms with Crippen molar-refractivity contribution in [3.8, 4) is 0 Å². The first kappa shape index (κ1) is 21.3. The Morgan fingerprint density at radius 1 is 0.789 bits per heavy atom. The van der Waals surface area contributed by atoms with Crippen molar-refractivity contribution in [3.05, 3.63) is 0 Å². The van der Waals surface area contributed by atoms with E-state index in [9.17, 15) is 0 Å². The molecule has 0 radical (unpaired) electrons. The molecule has 0 saturated heterocycles. The molecule has 0 rings (SSSR count). The maximum atomic E-state index is 7.57. The number of hydrogen-bond donors (Lipinski definition) is 1. The highest BCUT2D eigenvalue weighted by Crippen LogP contribution is 2.12. The quantitative estimate of drug-likeness (QED) is 0.624. The van der Waals surface area contributed by atoms with Gasteiger partial charge in [-0.15, -0.1) is 0 Å². The molecule has 0 saturated carbocycles. The molecule has 0 amide bonds. The van der Waals surface area contributed by atoms with Gasteiger partial charge in [0, 0.05) is 26.4 Å². The SMILES string of the molecule is CCO.CCO[Si](CN(CC)CC)(OCC)OCC. The van der Waals surface area contributed by atoms with Crippen LogP contribution in [0.2, 0.25) is 0 Å². The van der Waals surface area contributed by atoms with Crippen LogP contribution in [-0.2, 0) is 13.3 Å². The summed E-state index contributed by atoms with van der Waals surface area (Å²) in [6.45, 7) is 16.1. The van der Waals surface area contributed by atoms with Gasteiger partial charge >= 0.3 is 8.80 Å². The molecule has 0 aromatic carbocycles. The van der Waals surface area contributed by atoms with E-state index < -0.39 is 8.80 Å². The molecule has 0 aliphatic heterocycles. The monoisotopic (exact) mass is 295 g/mol. The van der Waals surface area contributed by atoms with Gasteiger partial charge in [-0.2, -0.15) is 0 Å². The predicted octanol–water partition coefficient (Wildman–Crippen LogP) is 1.91. The lowest BCUT2D eigenvalue weighted by atomic mass is 10.6. The highest BCUT2D eigenvalue weighted by molar-refractivity contribution is 6.60. The fourth-order valence-electron chi connectivity index (χ4n) is 1.64. The molecule has 0 atom stereocenters. The molecule has 0 aromatic rings. The topological polar surface area (TPSA) is 51.2 Å². The van der Waals surface area contributed by atoms with E-state index in [0.717, 1.165) is 19.3 Å². The summed E-state index contributed by atoms with van der Waals surface area (Å²) in [7, 11) is -2.47. The van der Waals surface area contributed by atoms with Gasteiger partial charge in [0.15, 0.2) is 0 Å². The number of hydrogen-bond acceptors (Lipinski definition) is 5. The van der Waals surface area contributed by atoms with Crippen LogP contribution in [0.1, 0.15) is 41.5 Å². The second kappa shape index (κ2) is 14.4. The molecule has 0 aliphatic carbocycles.